The first kappa shape index (κ1) is 47.7. The number of Topliss-reactive ketones (excluding diaryl/α,β-unsaturated/α-hetero) is 2. The van der Waals surface area contributed by atoms with Crippen molar-refractivity contribution in [3.8, 4) is 23.7 Å². The molecule has 0 heterocycles. The first-order valence-electron chi connectivity index (χ1n) is 24.1. The van der Waals surface area contributed by atoms with Crippen molar-refractivity contribution in [1.82, 2.24) is 0 Å². The van der Waals surface area contributed by atoms with Crippen LogP contribution >= 0.6 is 0 Å². The van der Waals surface area contributed by atoms with E-state index in [0.717, 1.165) is 70.0 Å². The number of unbranched alkanes of at least 4 members (excludes halogenated alkanes) is 12. The van der Waals surface area contributed by atoms with Crippen molar-refractivity contribution in [2.24, 2.45) is 0 Å². The van der Waals surface area contributed by atoms with Gasteiger partial charge < -0.3 is 9.80 Å². The fraction of sp³-hybridized carbons (Fsp3) is 0.448. The van der Waals surface area contributed by atoms with E-state index in [-0.39, 0.29) is 11.6 Å². The molecular formula is C58H72N2O2. The van der Waals surface area contributed by atoms with E-state index in [4.69, 9.17) is 0 Å². The highest BCUT2D eigenvalue weighted by molar-refractivity contribution is 6.13. The van der Waals surface area contributed by atoms with Gasteiger partial charge in [0.25, 0.3) is 0 Å². The molecule has 0 saturated heterocycles. The average molecular weight is 829 g/mol. The molecule has 0 unspecified atom stereocenters. The van der Waals surface area contributed by atoms with E-state index in [2.05, 4.69) is 110 Å². The monoisotopic (exact) mass is 829 g/mol. The van der Waals surface area contributed by atoms with Gasteiger partial charge in [0.2, 0.25) is 0 Å². The molecule has 0 amide bonds. The van der Waals surface area contributed by atoms with E-state index in [9.17, 15) is 9.59 Å². The van der Waals surface area contributed by atoms with E-state index in [1.807, 2.05) is 36.4 Å². The van der Waals surface area contributed by atoms with Crippen LogP contribution in [-0.2, 0) is 0 Å². The van der Waals surface area contributed by atoms with Crippen molar-refractivity contribution in [2.75, 3.05) is 36.0 Å². The van der Waals surface area contributed by atoms with Gasteiger partial charge in [-0.15, -0.1) is 0 Å². The molecule has 4 nitrogen and oxygen atoms in total. The third-order valence-corrected chi connectivity index (χ3v) is 12.2. The van der Waals surface area contributed by atoms with Crippen molar-refractivity contribution >= 4 is 44.5 Å². The molecule has 0 aliphatic heterocycles. The predicted molar refractivity (Wildman–Crippen MR) is 267 cm³/mol. The highest BCUT2D eigenvalue weighted by Crippen LogP contribution is 2.34. The summed E-state index contributed by atoms with van der Waals surface area (Å²) in [4.78, 5) is 30.7. The van der Waals surface area contributed by atoms with Crippen molar-refractivity contribution < 1.29 is 9.59 Å². The lowest BCUT2D eigenvalue weighted by Crippen LogP contribution is -2.25. The minimum atomic E-state index is -0.000130. The minimum Gasteiger partial charge on any atom is -0.372 e. The second-order valence-corrected chi connectivity index (χ2v) is 17.2. The third-order valence-electron chi connectivity index (χ3n) is 12.2. The van der Waals surface area contributed by atoms with Gasteiger partial charge in [0, 0.05) is 70.9 Å². The lowest BCUT2D eigenvalue weighted by Gasteiger charge is -2.25. The Bertz CT molecular complexity index is 2140. The summed E-state index contributed by atoms with van der Waals surface area (Å²) in [6.45, 7) is 16.6. The Hall–Kier alpha value is -5.32. The highest BCUT2D eigenvalue weighted by atomic mass is 16.1. The van der Waals surface area contributed by atoms with Crippen molar-refractivity contribution in [3.63, 3.8) is 0 Å². The third kappa shape index (κ3) is 13.8. The van der Waals surface area contributed by atoms with E-state index >= 15 is 0 Å². The van der Waals surface area contributed by atoms with Gasteiger partial charge in [0.15, 0.2) is 11.6 Å². The molecule has 0 radical (unpaired) electrons. The first-order valence-corrected chi connectivity index (χ1v) is 24.1. The maximum Gasteiger partial charge on any atom is 0.159 e. The second-order valence-electron chi connectivity index (χ2n) is 17.2. The van der Waals surface area contributed by atoms with Crippen LogP contribution in [0.15, 0.2) is 84.9 Å². The summed E-state index contributed by atoms with van der Waals surface area (Å²) in [5.41, 5.74) is 7.30. The molecule has 0 aromatic heterocycles. The largest absolute Gasteiger partial charge is 0.372 e. The lowest BCUT2D eigenvalue weighted by atomic mass is 9.89. The molecule has 62 heavy (non-hydrogen) atoms. The number of carbonyl (C=O) groups is 2. The summed E-state index contributed by atoms with van der Waals surface area (Å²) in [5.74, 6) is 14.1. The molecule has 4 heteroatoms. The fourth-order valence-electron chi connectivity index (χ4n) is 8.37. The number of hydrogen-bond donors (Lipinski definition) is 0. The van der Waals surface area contributed by atoms with Gasteiger partial charge in [-0.2, -0.15) is 0 Å². The van der Waals surface area contributed by atoms with Crippen LogP contribution in [-0.4, -0.2) is 37.7 Å². The summed E-state index contributed by atoms with van der Waals surface area (Å²) >= 11 is 0. The molecule has 0 saturated carbocycles. The van der Waals surface area contributed by atoms with E-state index in [0.29, 0.717) is 11.1 Å². The van der Waals surface area contributed by atoms with Gasteiger partial charge in [-0.3, -0.25) is 9.59 Å². The summed E-state index contributed by atoms with van der Waals surface area (Å²) in [5, 5.41) is 3.60. The van der Waals surface area contributed by atoms with Crippen LogP contribution in [0, 0.1) is 23.7 Å². The topological polar surface area (TPSA) is 40.6 Å². The Morgan fingerprint density at radius 1 is 0.387 bits per heavy atom. The van der Waals surface area contributed by atoms with Crippen LogP contribution in [0.3, 0.4) is 0 Å². The fourth-order valence-corrected chi connectivity index (χ4v) is 8.37. The number of nitrogens with zero attached hydrogens (tertiary/aromatic N) is 2. The number of fused-ring (bicyclic) bond motifs is 2. The second kappa shape index (κ2) is 25.6. The smallest absolute Gasteiger partial charge is 0.159 e. The molecule has 0 fully saturated rings. The zero-order valence-electron chi connectivity index (χ0n) is 38.9. The van der Waals surface area contributed by atoms with Gasteiger partial charge in [-0.25, -0.2) is 0 Å². The highest BCUT2D eigenvalue weighted by Gasteiger charge is 2.16. The Morgan fingerprint density at radius 3 is 1.00 bits per heavy atom. The number of benzene rings is 5. The van der Waals surface area contributed by atoms with Crippen LogP contribution in [0.1, 0.15) is 187 Å². The molecule has 0 spiro atoms. The molecule has 5 aromatic rings. The van der Waals surface area contributed by atoms with Gasteiger partial charge in [-0.1, -0.05) is 153 Å². The molecule has 0 aliphatic rings. The lowest BCUT2D eigenvalue weighted by molar-refractivity contribution is 0.100. The van der Waals surface area contributed by atoms with Crippen LogP contribution in [0.5, 0.6) is 0 Å². The Labute approximate surface area is 374 Å². The number of carbonyl (C=O) groups excluding carboxylic acids is 2. The SMILES string of the molecule is CCCCCCN(CCCCCC)c1ccc(C#Cc2c3ccc(C(C)=O)cc3c(C#Cc3ccc(N(CCCCCC)CCCCCC)cc3)c3ccc(C(C)=O)cc23)cc1. The van der Waals surface area contributed by atoms with Gasteiger partial charge in [-0.05, 0) is 122 Å². The van der Waals surface area contributed by atoms with E-state index in [1.54, 1.807) is 13.8 Å². The summed E-state index contributed by atoms with van der Waals surface area (Å²) in [7, 11) is 0. The molecule has 326 valence electrons. The maximum atomic E-state index is 12.8. The van der Waals surface area contributed by atoms with Crippen molar-refractivity contribution in [3.05, 3.63) is 118 Å². The Kier molecular flexibility index (Phi) is 19.7. The van der Waals surface area contributed by atoms with Crippen LogP contribution < -0.4 is 9.80 Å². The normalized spacial score (nSPS) is 10.9. The van der Waals surface area contributed by atoms with E-state index in [1.165, 1.54) is 114 Å². The van der Waals surface area contributed by atoms with Crippen LogP contribution in [0.2, 0.25) is 0 Å². The maximum absolute atomic E-state index is 12.8. The van der Waals surface area contributed by atoms with Crippen LogP contribution in [0.4, 0.5) is 11.4 Å². The number of hydrogen-bond acceptors (Lipinski definition) is 4. The van der Waals surface area contributed by atoms with Gasteiger partial charge in [0.05, 0.1) is 0 Å². The zero-order valence-corrected chi connectivity index (χ0v) is 38.9. The van der Waals surface area contributed by atoms with E-state index < -0.39 is 0 Å². The van der Waals surface area contributed by atoms with Gasteiger partial charge in [0.1, 0.15) is 0 Å². The predicted octanol–water partition coefficient (Wildman–Crippen LogP) is 15.1. The minimum absolute atomic E-state index is 0.000130. The van der Waals surface area contributed by atoms with Crippen molar-refractivity contribution in [1.29, 1.82) is 0 Å². The van der Waals surface area contributed by atoms with Crippen molar-refractivity contribution in [2.45, 2.75) is 144 Å². The quantitative estimate of drug-likeness (QED) is 0.0269. The zero-order chi connectivity index (χ0) is 44.1. The Balaban J connectivity index is 1.54. The average Bonchev–Trinajstić information content (AvgIpc) is 3.29. The molecule has 5 rings (SSSR count). The first-order chi connectivity index (χ1) is 30.3. The van der Waals surface area contributed by atoms with Crippen LogP contribution in [0.25, 0.3) is 21.5 Å². The summed E-state index contributed by atoms with van der Waals surface area (Å²) in [6.07, 6.45) is 20.0. The number of anilines is 2. The molecule has 0 aliphatic carbocycles. The standard InChI is InChI=1S/C58H72N2O2/c1-7-11-15-19-39-59(40-20-16-12-8-2)51-31-23-47(24-32-51)27-35-53-55-37-29-50(46(6)62)44-58(55)54(56-38-30-49(45(5)61)43-57(53)56)36-28-48-25-33-52(34-26-48)60(41-21-17-13-9-3)42-22-18-14-10-4/h23-26,29-34,37-38,43-44H,7-22,39-42H2,1-6H3. The van der Waals surface area contributed by atoms with Gasteiger partial charge >= 0.3 is 0 Å². The summed E-state index contributed by atoms with van der Waals surface area (Å²) in [6, 6.07) is 29.1. The molecule has 0 bridgehead atoms. The molecular weight excluding hydrogens is 757 g/mol. The molecule has 5 aromatic carbocycles. The molecule has 0 N–H and O–H groups in total. The molecule has 0 atom stereocenters. The Morgan fingerprint density at radius 2 is 0.710 bits per heavy atom. The number of rotatable bonds is 24. The summed E-state index contributed by atoms with van der Waals surface area (Å²) < 4.78 is 0. The number of ketones is 2.